The highest BCUT2D eigenvalue weighted by Gasteiger charge is 2.37. The average Bonchev–Trinajstić information content (AvgIpc) is 2.92. The van der Waals surface area contributed by atoms with Crippen LogP contribution in [0.3, 0.4) is 0 Å². The SMILES string of the molecule is CC(NC(=O)CC1CCCO1)(C(=O)O)c1ccccc1. The second kappa shape index (κ2) is 6.05. The number of carbonyl (C=O) groups is 2. The Morgan fingerprint density at radius 3 is 2.65 bits per heavy atom. The van der Waals surface area contributed by atoms with Crippen molar-refractivity contribution in [1.29, 1.82) is 0 Å². The Morgan fingerprint density at radius 1 is 1.40 bits per heavy atom. The normalized spacial score (nSPS) is 21.1. The van der Waals surface area contributed by atoms with Gasteiger partial charge in [0.05, 0.1) is 12.5 Å². The van der Waals surface area contributed by atoms with Crippen molar-refractivity contribution >= 4 is 11.9 Å². The first-order chi connectivity index (χ1) is 9.52. The molecule has 2 rings (SSSR count). The number of rotatable bonds is 5. The van der Waals surface area contributed by atoms with Gasteiger partial charge in [-0.05, 0) is 25.3 Å². The number of nitrogens with one attached hydrogen (secondary N) is 1. The smallest absolute Gasteiger partial charge is 0.333 e. The number of aliphatic carboxylic acids is 1. The van der Waals surface area contributed by atoms with Gasteiger partial charge >= 0.3 is 5.97 Å². The molecule has 0 bridgehead atoms. The highest BCUT2D eigenvalue weighted by atomic mass is 16.5. The van der Waals surface area contributed by atoms with E-state index in [1.165, 1.54) is 6.92 Å². The second-order valence-corrected chi connectivity index (χ2v) is 5.18. The van der Waals surface area contributed by atoms with Gasteiger partial charge in [-0.15, -0.1) is 0 Å². The molecule has 1 saturated heterocycles. The van der Waals surface area contributed by atoms with E-state index in [4.69, 9.17) is 4.74 Å². The molecule has 2 atom stereocenters. The third kappa shape index (κ3) is 3.17. The molecule has 1 heterocycles. The van der Waals surface area contributed by atoms with Crippen LogP contribution in [-0.4, -0.2) is 29.7 Å². The number of carboxylic acid groups (broad SMARTS) is 1. The predicted octanol–water partition coefficient (Wildman–Crippen LogP) is 1.67. The minimum absolute atomic E-state index is 0.0937. The van der Waals surface area contributed by atoms with Crippen molar-refractivity contribution in [1.82, 2.24) is 5.32 Å². The van der Waals surface area contributed by atoms with Crippen LogP contribution in [0.25, 0.3) is 0 Å². The van der Waals surface area contributed by atoms with Crippen molar-refractivity contribution in [3.05, 3.63) is 35.9 Å². The third-order valence-electron chi connectivity index (χ3n) is 3.61. The summed E-state index contributed by atoms with van der Waals surface area (Å²) >= 11 is 0. The molecular formula is C15H19NO4. The topological polar surface area (TPSA) is 75.6 Å². The van der Waals surface area contributed by atoms with Crippen molar-refractivity contribution in [2.75, 3.05) is 6.61 Å². The van der Waals surface area contributed by atoms with Crippen molar-refractivity contribution in [2.24, 2.45) is 0 Å². The van der Waals surface area contributed by atoms with E-state index >= 15 is 0 Å². The van der Waals surface area contributed by atoms with Gasteiger partial charge < -0.3 is 15.2 Å². The van der Waals surface area contributed by atoms with Crippen LogP contribution in [0.2, 0.25) is 0 Å². The first kappa shape index (κ1) is 14.5. The van der Waals surface area contributed by atoms with Crippen LogP contribution in [0, 0.1) is 0 Å². The first-order valence-electron chi connectivity index (χ1n) is 6.74. The van der Waals surface area contributed by atoms with Gasteiger partial charge in [-0.1, -0.05) is 30.3 Å². The van der Waals surface area contributed by atoms with E-state index in [0.717, 1.165) is 12.8 Å². The van der Waals surface area contributed by atoms with Gasteiger partial charge in [-0.2, -0.15) is 0 Å². The zero-order chi connectivity index (χ0) is 14.6. The molecule has 20 heavy (non-hydrogen) atoms. The summed E-state index contributed by atoms with van der Waals surface area (Å²) < 4.78 is 5.40. The molecular weight excluding hydrogens is 258 g/mol. The summed E-state index contributed by atoms with van der Waals surface area (Å²) in [5.74, 6) is -1.38. The molecule has 0 radical (unpaired) electrons. The minimum Gasteiger partial charge on any atom is -0.479 e. The summed E-state index contributed by atoms with van der Waals surface area (Å²) in [6, 6.07) is 8.70. The van der Waals surface area contributed by atoms with E-state index in [0.29, 0.717) is 12.2 Å². The molecule has 0 aliphatic carbocycles. The molecule has 1 aromatic rings. The molecule has 0 saturated carbocycles. The fraction of sp³-hybridized carbons (Fsp3) is 0.467. The van der Waals surface area contributed by atoms with Gasteiger partial charge in [0.25, 0.3) is 0 Å². The number of carboxylic acids is 1. The van der Waals surface area contributed by atoms with Crippen LogP contribution in [-0.2, 0) is 19.9 Å². The number of hydrogen-bond acceptors (Lipinski definition) is 3. The van der Waals surface area contributed by atoms with Crippen molar-refractivity contribution in [3.8, 4) is 0 Å². The second-order valence-electron chi connectivity index (χ2n) is 5.18. The Morgan fingerprint density at radius 2 is 2.10 bits per heavy atom. The molecule has 2 unspecified atom stereocenters. The van der Waals surface area contributed by atoms with E-state index in [-0.39, 0.29) is 18.4 Å². The molecule has 0 aromatic heterocycles. The maximum Gasteiger partial charge on any atom is 0.333 e. The summed E-state index contributed by atoms with van der Waals surface area (Å²) in [7, 11) is 0. The zero-order valence-corrected chi connectivity index (χ0v) is 11.5. The van der Waals surface area contributed by atoms with Crippen molar-refractivity contribution < 1.29 is 19.4 Å². The number of hydrogen-bond donors (Lipinski definition) is 2. The average molecular weight is 277 g/mol. The van der Waals surface area contributed by atoms with E-state index in [1.54, 1.807) is 30.3 Å². The van der Waals surface area contributed by atoms with Crippen LogP contribution in [0.15, 0.2) is 30.3 Å². The van der Waals surface area contributed by atoms with Crippen LogP contribution in [0.1, 0.15) is 31.7 Å². The Bertz CT molecular complexity index is 482. The lowest BCUT2D eigenvalue weighted by molar-refractivity contribution is -0.147. The van der Waals surface area contributed by atoms with Gasteiger partial charge in [0.1, 0.15) is 0 Å². The Kier molecular flexibility index (Phi) is 4.39. The summed E-state index contributed by atoms with van der Waals surface area (Å²) in [5, 5.41) is 12.1. The summed E-state index contributed by atoms with van der Waals surface area (Å²) in [6.45, 7) is 2.17. The lowest BCUT2D eigenvalue weighted by atomic mass is 9.91. The lowest BCUT2D eigenvalue weighted by Gasteiger charge is -2.27. The van der Waals surface area contributed by atoms with Crippen molar-refractivity contribution in [3.63, 3.8) is 0 Å². The van der Waals surface area contributed by atoms with E-state index < -0.39 is 11.5 Å². The number of carbonyl (C=O) groups excluding carboxylic acids is 1. The molecule has 1 aromatic carbocycles. The fourth-order valence-corrected chi connectivity index (χ4v) is 2.36. The summed E-state index contributed by atoms with van der Waals surface area (Å²) in [4.78, 5) is 23.6. The standard InChI is InChI=1S/C15H19NO4/c1-15(14(18)19,11-6-3-2-4-7-11)16-13(17)10-12-8-5-9-20-12/h2-4,6-7,12H,5,8-10H2,1H3,(H,16,17)(H,18,19). The predicted molar refractivity (Wildman–Crippen MR) is 73.2 cm³/mol. The maximum absolute atomic E-state index is 12.0. The lowest BCUT2D eigenvalue weighted by Crippen LogP contribution is -2.50. The number of benzene rings is 1. The van der Waals surface area contributed by atoms with E-state index in [2.05, 4.69) is 5.32 Å². The monoisotopic (exact) mass is 277 g/mol. The molecule has 2 N–H and O–H groups in total. The van der Waals surface area contributed by atoms with Crippen LogP contribution >= 0.6 is 0 Å². The number of ether oxygens (including phenoxy) is 1. The summed E-state index contributed by atoms with van der Waals surface area (Å²) in [6.07, 6.45) is 1.91. The van der Waals surface area contributed by atoms with Gasteiger partial charge in [-0.25, -0.2) is 4.79 Å². The molecule has 1 fully saturated rings. The van der Waals surface area contributed by atoms with E-state index in [1.807, 2.05) is 0 Å². The quantitative estimate of drug-likeness (QED) is 0.858. The summed E-state index contributed by atoms with van der Waals surface area (Å²) in [5.41, 5.74) is -0.870. The third-order valence-corrected chi connectivity index (χ3v) is 3.61. The number of amides is 1. The van der Waals surface area contributed by atoms with Gasteiger partial charge in [0, 0.05) is 6.61 Å². The molecule has 108 valence electrons. The fourth-order valence-electron chi connectivity index (χ4n) is 2.36. The largest absolute Gasteiger partial charge is 0.479 e. The molecule has 5 nitrogen and oxygen atoms in total. The van der Waals surface area contributed by atoms with Gasteiger partial charge in [0.15, 0.2) is 5.54 Å². The zero-order valence-electron chi connectivity index (χ0n) is 11.5. The van der Waals surface area contributed by atoms with Gasteiger partial charge in [0.2, 0.25) is 5.91 Å². The first-order valence-corrected chi connectivity index (χ1v) is 6.74. The Balaban J connectivity index is 2.09. The van der Waals surface area contributed by atoms with Crippen LogP contribution in [0.4, 0.5) is 0 Å². The molecule has 0 spiro atoms. The molecule has 5 heteroatoms. The highest BCUT2D eigenvalue weighted by Crippen LogP contribution is 2.22. The van der Waals surface area contributed by atoms with E-state index in [9.17, 15) is 14.7 Å². The maximum atomic E-state index is 12.0. The Labute approximate surface area is 117 Å². The van der Waals surface area contributed by atoms with Crippen molar-refractivity contribution in [2.45, 2.75) is 37.8 Å². The minimum atomic E-state index is -1.42. The molecule has 1 aliphatic heterocycles. The van der Waals surface area contributed by atoms with Crippen LogP contribution in [0.5, 0.6) is 0 Å². The van der Waals surface area contributed by atoms with Crippen LogP contribution < -0.4 is 5.32 Å². The van der Waals surface area contributed by atoms with Gasteiger partial charge in [-0.3, -0.25) is 4.79 Å². The molecule has 1 amide bonds. The highest BCUT2D eigenvalue weighted by molar-refractivity contribution is 5.88. The Hall–Kier alpha value is -1.88. The molecule has 1 aliphatic rings.